The molecule has 1 aliphatic heterocycles. The van der Waals surface area contributed by atoms with Crippen LogP contribution in [-0.4, -0.2) is 55.4 Å². The molecule has 30 heavy (non-hydrogen) atoms. The summed E-state index contributed by atoms with van der Waals surface area (Å²) in [6, 6.07) is 17.3. The quantitative estimate of drug-likeness (QED) is 0.606. The summed E-state index contributed by atoms with van der Waals surface area (Å²) >= 11 is 0. The summed E-state index contributed by atoms with van der Waals surface area (Å²) in [6.45, 7) is 6.35. The van der Waals surface area contributed by atoms with Crippen LogP contribution in [0, 0.1) is 6.92 Å². The second kappa shape index (κ2) is 9.98. The molecule has 4 rings (SSSR count). The number of piperazine rings is 1. The van der Waals surface area contributed by atoms with Gasteiger partial charge in [-0.05, 0) is 36.8 Å². The third-order valence-corrected chi connectivity index (χ3v) is 5.33. The molecule has 1 N–H and O–H groups in total. The highest BCUT2D eigenvalue weighted by Gasteiger charge is 2.19. The van der Waals surface area contributed by atoms with Gasteiger partial charge in [-0.25, -0.2) is 4.79 Å². The molecule has 6 nitrogen and oxygen atoms in total. The Morgan fingerprint density at radius 1 is 1.07 bits per heavy atom. The molecule has 1 saturated heterocycles. The smallest absolute Gasteiger partial charge is 0.336 e. The van der Waals surface area contributed by atoms with E-state index in [-0.39, 0.29) is 24.6 Å². The monoisotopic (exact) mass is 430 g/mol. The molecule has 2 heterocycles. The summed E-state index contributed by atoms with van der Waals surface area (Å²) in [5, 5.41) is 11.3. The van der Waals surface area contributed by atoms with Gasteiger partial charge in [0, 0.05) is 55.9 Å². The second-order valence-electron chi connectivity index (χ2n) is 7.49. The molecule has 1 unspecified atom stereocenters. The van der Waals surface area contributed by atoms with Crippen LogP contribution in [0.5, 0.6) is 5.75 Å². The number of aliphatic hydroxyl groups excluding tert-OH is 1. The summed E-state index contributed by atoms with van der Waals surface area (Å²) in [6.07, 6.45) is -0.585. The van der Waals surface area contributed by atoms with Gasteiger partial charge < -0.3 is 19.2 Å². The number of rotatable bonds is 6. The Morgan fingerprint density at radius 3 is 2.53 bits per heavy atom. The molecule has 0 radical (unpaired) electrons. The van der Waals surface area contributed by atoms with Crippen molar-refractivity contribution in [3.63, 3.8) is 0 Å². The lowest BCUT2D eigenvalue weighted by Crippen LogP contribution is -2.49. The van der Waals surface area contributed by atoms with E-state index in [0.717, 1.165) is 37.1 Å². The number of aryl methyl sites for hydroxylation is 1. The zero-order chi connectivity index (χ0) is 20.2. The Labute approximate surface area is 182 Å². The number of benzene rings is 2. The van der Waals surface area contributed by atoms with Crippen molar-refractivity contribution in [1.82, 2.24) is 4.90 Å². The van der Waals surface area contributed by atoms with Crippen LogP contribution in [-0.2, 0) is 0 Å². The topological polar surface area (TPSA) is 66.2 Å². The number of anilines is 1. The fourth-order valence-corrected chi connectivity index (χ4v) is 3.77. The number of aliphatic hydroxyl groups is 1. The van der Waals surface area contributed by atoms with Gasteiger partial charge in [0.05, 0.1) is 0 Å². The lowest BCUT2D eigenvalue weighted by molar-refractivity contribution is 0.0663. The number of hydrogen-bond acceptors (Lipinski definition) is 6. The Kier molecular flexibility index (Phi) is 7.37. The summed E-state index contributed by atoms with van der Waals surface area (Å²) in [4.78, 5) is 16.2. The molecule has 0 aliphatic carbocycles. The van der Waals surface area contributed by atoms with Gasteiger partial charge in [-0.3, -0.25) is 4.90 Å². The van der Waals surface area contributed by atoms with Crippen LogP contribution < -0.4 is 15.3 Å². The first-order valence-electron chi connectivity index (χ1n) is 9.96. The first-order valence-corrected chi connectivity index (χ1v) is 9.96. The zero-order valence-electron chi connectivity index (χ0n) is 17.0. The first-order chi connectivity index (χ1) is 14.1. The molecule has 3 aromatic rings. The van der Waals surface area contributed by atoms with Crippen molar-refractivity contribution < 1.29 is 14.3 Å². The Morgan fingerprint density at radius 2 is 1.80 bits per heavy atom. The van der Waals surface area contributed by atoms with Gasteiger partial charge in [-0.1, -0.05) is 18.2 Å². The van der Waals surface area contributed by atoms with Gasteiger partial charge in [0.2, 0.25) is 0 Å². The molecule has 0 spiro atoms. The van der Waals surface area contributed by atoms with Gasteiger partial charge in [-0.15, -0.1) is 12.4 Å². The van der Waals surface area contributed by atoms with Crippen LogP contribution >= 0.6 is 12.4 Å². The fraction of sp³-hybridized carbons (Fsp3) is 0.348. The van der Waals surface area contributed by atoms with Crippen LogP contribution in [0.2, 0.25) is 0 Å². The molecule has 7 heteroatoms. The number of halogens is 1. The minimum atomic E-state index is -0.585. The van der Waals surface area contributed by atoms with E-state index in [4.69, 9.17) is 9.15 Å². The average Bonchev–Trinajstić information content (AvgIpc) is 2.73. The van der Waals surface area contributed by atoms with Gasteiger partial charge in [-0.2, -0.15) is 0 Å². The van der Waals surface area contributed by atoms with Crippen LogP contribution in [0.25, 0.3) is 11.0 Å². The maximum Gasteiger partial charge on any atom is 0.336 e. The number of hydrogen-bond donors (Lipinski definition) is 1. The largest absolute Gasteiger partial charge is 0.491 e. The molecule has 0 saturated carbocycles. The molecule has 0 bridgehead atoms. The third kappa shape index (κ3) is 5.33. The molecule has 1 atom stereocenters. The highest BCUT2D eigenvalue weighted by atomic mass is 35.5. The van der Waals surface area contributed by atoms with E-state index in [1.807, 2.05) is 25.1 Å². The number of β-amino-alcohol motifs (C(OH)–C–C–N with tert-alkyl or cyclic N) is 1. The minimum absolute atomic E-state index is 0. The zero-order valence-corrected chi connectivity index (χ0v) is 17.8. The van der Waals surface area contributed by atoms with E-state index in [1.165, 1.54) is 11.8 Å². The average molecular weight is 431 g/mol. The number of para-hydroxylation sites is 1. The molecule has 1 aliphatic rings. The van der Waals surface area contributed by atoms with Gasteiger partial charge in [0.25, 0.3) is 0 Å². The molecular weight excluding hydrogens is 404 g/mol. The minimum Gasteiger partial charge on any atom is -0.491 e. The Hall–Kier alpha value is -2.54. The summed E-state index contributed by atoms with van der Waals surface area (Å²) < 4.78 is 11.0. The van der Waals surface area contributed by atoms with E-state index in [9.17, 15) is 9.90 Å². The molecule has 160 valence electrons. The highest BCUT2D eigenvalue weighted by Crippen LogP contribution is 2.22. The summed E-state index contributed by atoms with van der Waals surface area (Å²) in [5.74, 6) is 0.583. The SMILES string of the molecule is Cc1cc(=O)oc2cc(OCC(O)CN3CCN(c4ccccc4)CC3)ccc12.Cl. The maximum absolute atomic E-state index is 11.6. The van der Waals surface area contributed by atoms with E-state index >= 15 is 0 Å². The molecule has 1 aromatic heterocycles. The first kappa shape index (κ1) is 22.2. The lowest BCUT2D eigenvalue weighted by atomic mass is 10.1. The Bertz CT molecular complexity index is 1020. The van der Waals surface area contributed by atoms with E-state index in [1.54, 1.807) is 6.07 Å². The molecule has 2 aromatic carbocycles. The van der Waals surface area contributed by atoms with E-state index in [2.05, 4.69) is 34.1 Å². The van der Waals surface area contributed by atoms with Crippen molar-refractivity contribution in [2.75, 3.05) is 44.2 Å². The van der Waals surface area contributed by atoms with Crippen molar-refractivity contribution >= 4 is 29.1 Å². The predicted octanol–water partition coefficient (Wildman–Crippen LogP) is 3.09. The summed E-state index contributed by atoms with van der Waals surface area (Å²) in [5.41, 5.74) is 2.24. The van der Waals surface area contributed by atoms with E-state index < -0.39 is 6.10 Å². The summed E-state index contributed by atoms with van der Waals surface area (Å²) in [7, 11) is 0. The lowest BCUT2D eigenvalue weighted by Gasteiger charge is -2.36. The molecular formula is C23H27ClN2O4. The van der Waals surface area contributed by atoms with Gasteiger partial charge in [0.1, 0.15) is 24.0 Å². The van der Waals surface area contributed by atoms with Crippen LogP contribution in [0.15, 0.2) is 63.8 Å². The Balaban J connectivity index is 0.00000256. The predicted molar refractivity (Wildman–Crippen MR) is 121 cm³/mol. The van der Waals surface area contributed by atoms with E-state index in [0.29, 0.717) is 17.9 Å². The van der Waals surface area contributed by atoms with Gasteiger partial charge in [0.15, 0.2) is 0 Å². The van der Waals surface area contributed by atoms with Crippen molar-refractivity contribution in [2.45, 2.75) is 13.0 Å². The number of nitrogens with zero attached hydrogens (tertiary/aromatic N) is 2. The molecule has 0 amide bonds. The van der Waals surface area contributed by atoms with Crippen molar-refractivity contribution in [3.8, 4) is 5.75 Å². The number of ether oxygens (including phenoxy) is 1. The normalized spacial score (nSPS) is 15.6. The van der Waals surface area contributed by atoms with Crippen LogP contribution in [0.3, 0.4) is 0 Å². The fourth-order valence-electron chi connectivity index (χ4n) is 3.77. The van der Waals surface area contributed by atoms with Gasteiger partial charge >= 0.3 is 5.63 Å². The molecule has 1 fully saturated rings. The third-order valence-electron chi connectivity index (χ3n) is 5.33. The van der Waals surface area contributed by atoms with Crippen LogP contribution in [0.1, 0.15) is 5.56 Å². The van der Waals surface area contributed by atoms with Crippen LogP contribution in [0.4, 0.5) is 5.69 Å². The van der Waals surface area contributed by atoms with Crippen molar-refractivity contribution in [1.29, 1.82) is 0 Å². The van der Waals surface area contributed by atoms with Crippen molar-refractivity contribution in [2.24, 2.45) is 0 Å². The standard InChI is InChI=1S/C23H26N2O4.ClH/c1-17-13-23(27)29-22-14-20(7-8-21(17)22)28-16-19(26)15-24-9-11-25(12-10-24)18-5-3-2-4-6-18;/h2-8,13-14,19,26H,9-12,15-16H2,1H3;1H. The highest BCUT2D eigenvalue weighted by molar-refractivity contribution is 5.85. The number of fused-ring (bicyclic) bond motifs is 1. The van der Waals surface area contributed by atoms with Crippen molar-refractivity contribution in [3.05, 3.63) is 70.6 Å². The second-order valence-corrected chi connectivity index (χ2v) is 7.49. The maximum atomic E-state index is 11.6.